The smallest absolute Gasteiger partial charge is 0.282 e. The molecule has 23 heavy (non-hydrogen) atoms. The Bertz CT molecular complexity index is 794. The van der Waals surface area contributed by atoms with Crippen LogP contribution in [0.15, 0.2) is 42.7 Å². The molecule has 1 aliphatic rings. The topological polar surface area (TPSA) is 62.2 Å². The second kappa shape index (κ2) is 5.92. The van der Waals surface area contributed by atoms with Crippen molar-refractivity contribution in [1.82, 2.24) is 19.9 Å². The van der Waals surface area contributed by atoms with Crippen molar-refractivity contribution in [2.75, 3.05) is 31.1 Å². The number of thiazole rings is 1. The second-order valence-electron chi connectivity index (χ2n) is 5.31. The van der Waals surface area contributed by atoms with Crippen LogP contribution < -0.4 is 4.90 Å². The maximum absolute atomic E-state index is 12.6. The summed E-state index contributed by atoms with van der Waals surface area (Å²) in [6, 6.07) is 9.64. The Kier molecular flexibility index (Phi) is 3.63. The van der Waals surface area contributed by atoms with Crippen LogP contribution in [-0.2, 0) is 0 Å². The van der Waals surface area contributed by atoms with Crippen LogP contribution in [0, 0.1) is 0 Å². The van der Waals surface area contributed by atoms with Gasteiger partial charge >= 0.3 is 0 Å². The van der Waals surface area contributed by atoms with E-state index in [-0.39, 0.29) is 5.91 Å². The van der Waals surface area contributed by atoms with Crippen LogP contribution in [0.4, 0.5) is 5.95 Å². The van der Waals surface area contributed by atoms with E-state index in [0.29, 0.717) is 18.1 Å². The Hall–Kier alpha value is -2.54. The number of carbonyl (C=O) groups excluding carboxylic acids is 1. The lowest BCUT2D eigenvalue weighted by atomic mass is 10.3. The van der Waals surface area contributed by atoms with E-state index in [2.05, 4.69) is 19.9 Å². The fraction of sp³-hybridized carbons (Fsp3) is 0.250. The van der Waals surface area contributed by atoms with Gasteiger partial charge in [-0.3, -0.25) is 4.79 Å². The van der Waals surface area contributed by atoms with Crippen LogP contribution >= 0.6 is 11.3 Å². The van der Waals surface area contributed by atoms with Gasteiger partial charge in [0.05, 0.1) is 10.2 Å². The first-order chi connectivity index (χ1) is 11.3. The lowest BCUT2D eigenvalue weighted by Crippen LogP contribution is -2.49. The molecule has 0 bridgehead atoms. The molecule has 1 fully saturated rings. The largest absolute Gasteiger partial charge is 0.337 e. The molecule has 0 spiro atoms. The SMILES string of the molecule is O=C(c1nc2ccccc2s1)N1CCN(c2ncccn2)CC1. The molecule has 1 amide bonds. The molecule has 0 aliphatic carbocycles. The third-order valence-electron chi connectivity index (χ3n) is 3.88. The zero-order valence-electron chi connectivity index (χ0n) is 12.4. The third-order valence-corrected chi connectivity index (χ3v) is 4.90. The summed E-state index contributed by atoms with van der Waals surface area (Å²) in [7, 11) is 0. The van der Waals surface area contributed by atoms with Gasteiger partial charge in [-0.25, -0.2) is 15.0 Å². The highest BCUT2D eigenvalue weighted by atomic mass is 32.1. The number of benzene rings is 1. The summed E-state index contributed by atoms with van der Waals surface area (Å²) in [5.74, 6) is 0.736. The van der Waals surface area contributed by atoms with Gasteiger partial charge in [-0.2, -0.15) is 0 Å². The molecular weight excluding hydrogens is 310 g/mol. The fourth-order valence-electron chi connectivity index (χ4n) is 2.66. The first-order valence-corrected chi connectivity index (χ1v) is 8.30. The number of para-hydroxylation sites is 1. The van der Waals surface area contributed by atoms with Crippen LogP contribution in [0.3, 0.4) is 0 Å². The summed E-state index contributed by atoms with van der Waals surface area (Å²) in [5, 5.41) is 0.565. The molecule has 0 atom stereocenters. The highest BCUT2D eigenvalue weighted by Gasteiger charge is 2.25. The van der Waals surface area contributed by atoms with Crippen LogP contribution in [0.5, 0.6) is 0 Å². The summed E-state index contributed by atoms with van der Waals surface area (Å²) < 4.78 is 1.05. The number of hydrogen-bond donors (Lipinski definition) is 0. The van der Waals surface area contributed by atoms with E-state index < -0.39 is 0 Å². The minimum absolute atomic E-state index is 0.0137. The van der Waals surface area contributed by atoms with Crippen LogP contribution in [0.1, 0.15) is 9.80 Å². The number of hydrogen-bond acceptors (Lipinski definition) is 6. The first-order valence-electron chi connectivity index (χ1n) is 7.48. The van der Waals surface area contributed by atoms with Crippen LogP contribution in [0.25, 0.3) is 10.2 Å². The first kappa shape index (κ1) is 14.1. The lowest BCUT2D eigenvalue weighted by Gasteiger charge is -2.34. The highest BCUT2D eigenvalue weighted by molar-refractivity contribution is 7.20. The van der Waals surface area contributed by atoms with E-state index in [1.165, 1.54) is 11.3 Å². The van der Waals surface area contributed by atoms with Crippen molar-refractivity contribution in [2.45, 2.75) is 0 Å². The highest BCUT2D eigenvalue weighted by Crippen LogP contribution is 2.23. The molecule has 7 heteroatoms. The van der Waals surface area contributed by atoms with Crippen molar-refractivity contribution in [1.29, 1.82) is 0 Å². The molecule has 0 saturated carbocycles. The summed E-state index contributed by atoms with van der Waals surface area (Å²) >= 11 is 1.46. The van der Waals surface area contributed by atoms with Gasteiger partial charge in [0.1, 0.15) is 0 Å². The van der Waals surface area contributed by atoms with Crippen molar-refractivity contribution in [2.24, 2.45) is 0 Å². The molecule has 1 aliphatic heterocycles. The fourth-order valence-corrected chi connectivity index (χ4v) is 3.60. The maximum Gasteiger partial charge on any atom is 0.282 e. The van der Waals surface area contributed by atoms with Crippen molar-refractivity contribution in [3.05, 3.63) is 47.7 Å². The Labute approximate surface area is 137 Å². The molecule has 0 radical (unpaired) electrons. The number of carbonyl (C=O) groups is 1. The van der Waals surface area contributed by atoms with E-state index in [0.717, 1.165) is 29.3 Å². The Morgan fingerprint density at radius 2 is 1.74 bits per heavy atom. The molecule has 1 aromatic carbocycles. The maximum atomic E-state index is 12.6. The Morgan fingerprint density at radius 3 is 2.48 bits per heavy atom. The molecule has 116 valence electrons. The summed E-state index contributed by atoms with van der Waals surface area (Å²) in [6.07, 6.45) is 3.47. The van der Waals surface area contributed by atoms with Crippen LogP contribution in [-0.4, -0.2) is 51.9 Å². The van der Waals surface area contributed by atoms with E-state index in [9.17, 15) is 4.79 Å². The molecule has 1 saturated heterocycles. The summed E-state index contributed by atoms with van der Waals surface area (Å²) in [6.45, 7) is 2.79. The molecule has 0 unspecified atom stereocenters. The van der Waals surface area contributed by atoms with Gasteiger partial charge in [-0.15, -0.1) is 11.3 Å². The molecule has 2 aromatic heterocycles. The zero-order chi connectivity index (χ0) is 15.6. The van der Waals surface area contributed by atoms with Crippen molar-refractivity contribution in [3.63, 3.8) is 0 Å². The van der Waals surface area contributed by atoms with Gasteiger partial charge in [0.15, 0.2) is 5.01 Å². The number of nitrogens with zero attached hydrogens (tertiary/aromatic N) is 5. The molecule has 6 nitrogen and oxygen atoms in total. The summed E-state index contributed by atoms with van der Waals surface area (Å²) in [5.41, 5.74) is 0.886. The van der Waals surface area contributed by atoms with Gasteiger partial charge in [0, 0.05) is 38.6 Å². The lowest BCUT2D eigenvalue weighted by molar-refractivity contribution is 0.0746. The third kappa shape index (κ3) is 2.75. The Morgan fingerprint density at radius 1 is 1.00 bits per heavy atom. The van der Waals surface area contributed by atoms with Crippen molar-refractivity contribution < 1.29 is 4.79 Å². The molecular formula is C16H15N5OS. The molecule has 3 aromatic rings. The van der Waals surface area contributed by atoms with E-state index in [1.807, 2.05) is 29.2 Å². The number of fused-ring (bicyclic) bond motifs is 1. The summed E-state index contributed by atoms with van der Waals surface area (Å²) in [4.78, 5) is 29.6. The number of rotatable bonds is 2. The zero-order valence-corrected chi connectivity index (χ0v) is 13.2. The normalized spacial score (nSPS) is 15.1. The Balaban J connectivity index is 1.46. The number of aromatic nitrogens is 3. The predicted octanol–water partition coefficient (Wildman–Crippen LogP) is 2.05. The second-order valence-corrected chi connectivity index (χ2v) is 6.35. The molecule has 3 heterocycles. The standard InChI is InChI=1S/C16H15N5OS/c22-15(14-19-12-4-1-2-5-13(12)23-14)20-8-10-21(11-9-20)16-17-6-3-7-18-16/h1-7H,8-11H2. The predicted molar refractivity (Wildman–Crippen MR) is 89.8 cm³/mol. The average molecular weight is 325 g/mol. The number of piperazine rings is 1. The molecule has 0 N–H and O–H groups in total. The van der Waals surface area contributed by atoms with Gasteiger partial charge in [-0.05, 0) is 18.2 Å². The van der Waals surface area contributed by atoms with Gasteiger partial charge < -0.3 is 9.80 Å². The van der Waals surface area contributed by atoms with Crippen molar-refractivity contribution in [3.8, 4) is 0 Å². The van der Waals surface area contributed by atoms with E-state index in [1.54, 1.807) is 18.5 Å². The molecule has 4 rings (SSSR count). The van der Waals surface area contributed by atoms with E-state index >= 15 is 0 Å². The van der Waals surface area contributed by atoms with Gasteiger partial charge in [-0.1, -0.05) is 12.1 Å². The average Bonchev–Trinajstić information content (AvgIpc) is 3.06. The quantitative estimate of drug-likeness (QED) is 0.721. The van der Waals surface area contributed by atoms with Gasteiger partial charge in [0.25, 0.3) is 5.91 Å². The minimum Gasteiger partial charge on any atom is -0.337 e. The van der Waals surface area contributed by atoms with Crippen LogP contribution in [0.2, 0.25) is 0 Å². The van der Waals surface area contributed by atoms with Gasteiger partial charge in [0.2, 0.25) is 5.95 Å². The minimum atomic E-state index is 0.0137. The number of anilines is 1. The van der Waals surface area contributed by atoms with E-state index in [4.69, 9.17) is 0 Å². The van der Waals surface area contributed by atoms with Crippen molar-refractivity contribution >= 4 is 33.4 Å². The monoisotopic (exact) mass is 325 g/mol. The number of amides is 1.